The van der Waals surface area contributed by atoms with E-state index in [1.807, 2.05) is 0 Å². The summed E-state index contributed by atoms with van der Waals surface area (Å²) in [6, 6.07) is 0. The third-order valence-corrected chi connectivity index (χ3v) is 2.13. The molecule has 1 rings (SSSR count). The Bertz CT molecular complexity index is 205. The quantitative estimate of drug-likeness (QED) is 0.580. The van der Waals surface area contributed by atoms with Crippen LogP contribution in [0.5, 0.6) is 0 Å². The van der Waals surface area contributed by atoms with Crippen LogP contribution in [0.25, 0.3) is 0 Å². The van der Waals surface area contributed by atoms with E-state index >= 15 is 0 Å². The van der Waals surface area contributed by atoms with Crippen molar-refractivity contribution in [1.82, 2.24) is 0 Å². The minimum Gasteiger partial charge on any atom is -0.445 e. The van der Waals surface area contributed by atoms with Gasteiger partial charge in [0.15, 0.2) is 0 Å². The molecule has 0 spiro atoms. The fraction of sp³-hybridized carbons (Fsp3) is 0.750. The SMILES string of the molecule is C=C(COCC1CCOC1)[B-](F)(F)F.[K+]. The molecule has 0 bridgehead atoms. The molecule has 82 valence electrons. The number of hydrogen-bond acceptors (Lipinski definition) is 2. The van der Waals surface area contributed by atoms with Crippen LogP contribution in [0.2, 0.25) is 0 Å². The number of ether oxygens (including phenoxy) is 2. The Morgan fingerprint density at radius 3 is 2.60 bits per heavy atom. The van der Waals surface area contributed by atoms with Gasteiger partial charge in [0.05, 0.1) is 13.2 Å². The van der Waals surface area contributed by atoms with E-state index in [0.29, 0.717) is 19.8 Å². The summed E-state index contributed by atoms with van der Waals surface area (Å²) >= 11 is 0. The Morgan fingerprint density at radius 1 is 1.47 bits per heavy atom. The molecule has 1 aliphatic heterocycles. The molecule has 1 saturated heterocycles. The number of hydrogen-bond donors (Lipinski definition) is 0. The van der Waals surface area contributed by atoms with Crippen LogP contribution in [0.3, 0.4) is 0 Å². The minimum atomic E-state index is -4.95. The molecular weight excluding hydrogens is 235 g/mol. The zero-order chi connectivity index (χ0) is 10.6. The molecule has 0 aromatic rings. The van der Waals surface area contributed by atoms with Crippen molar-refractivity contribution < 1.29 is 73.8 Å². The van der Waals surface area contributed by atoms with E-state index in [1.165, 1.54) is 0 Å². The average molecular weight is 248 g/mol. The molecule has 0 amide bonds. The first-order valence-corrected chi connectivity index (χ1v) is 4.53. The van der Waals surface area contributed by atoms with Crippen LogP contribution < -0.4 is 51.4 Å². The first-order valence-electron chi connectivity index (χ1n) is 4.53. The Morgan fingerprint density at radius 2 is 2.13 bits per heavy atom. The van der Waals surface area contributed by atoms with Crippen molar-refractivity contribution in [3.05, 3.63) is 12.1 Å². The topological polar surface area (TPSA) is 18.5 Å². The zero-order valence-corrected chi connectivity index (χ0v) is 12.0. The largest absolute Gasteiger partial charge is 1.00 e. The maximum absolute atomic E-state index is 12.0. The molecule has 0 aromatic carbocycles. The van der Waals surface area contributed by atoms with Gasteiger partial charge in [-0.15, -0.1) is 12.1 Å². The molecule has 1 unspecified atom stereocenters. The molecule has 15 heavy (non-hydrogen) atoms. The van der Waals surface area contributed by atoms with Gasteiger partial charge in [0.2, 0.25) is 0 Å². The molecule has 0 radical (unpaired) electrons. The van der Waals surface area contributed by atoms with E-state index in [2.05, 4.69) is 6.58 Å². The second kappa shape index (κ2) is 7.47. The van der Waals surface area contributed by atoms with Crippen LogP contribution in [0.15, 0.2) is 12.1 Å². The summed E-state index contributed by atoms with van der Waals surface area (Å²) in [6.45, 7) is -0.837. The molecule has 0 saturated carbocycles. The predicted molar refractivity (Wildman–Crippen MR) is 48.0 cm³/mol. The van der Waals surface area contributed by atoms with Crippen molar-refractivity contribution in [2.75, 3.05) is 26.4 Å². The third kappa shape index (κ3) is 6.45. The van der Waals surface area contributed by atoms with Gasteiger partial charge in [0.1, 0.15) is 0 Å². The van der Waals surface area contributed by atoms with Crippen molar-refractivity contribution in [2.24, 2.45) is 5.92 Å². The van der Waals surface area contributed by atoms with Crippen LogP contribution in [-0.2, 0) is 9.47 Å². The third-order valence-electron chi connectivity index (χ3n) is 2.13. The van der Waals surface area contributed by atoms with Crippen LogP contribution >= 0.6 is 0 Å². The number of rotatable bonds is 5. The van der Waals surface area contributed by atoms with Crippen molar-refractivity contribution in [2.45, 2.75) is 6.42 Å². The fourth-order valence-corrected chi connectivity index (χ4v) is 1.17. The van der Waals surface area contributed by atoms with Gasteiger partial charge in [0, 0.05) is 19.1 Å². The fourth-order valence-electron chi connectivity index (χ4n) is 1.17. The van der Waals surface area contributed by atoms with E-state index in [0.717, 1.165) is 6.42 Å². The van der Waals surface area contributed by atoms with Crippen molar-refractivity contribution in [1.29, 1.82) is 0 Å². The summed E-state index contributed by atoms with van der Waals surface area (Å²) in [5.74, 6) is 0.239. The molecular formula is C8H13BF3KO2. The maximum Gasteiger partial charge on any atom is 1.00 e. The first kappa shape index (κ1) is 16.2. The van der Waals surface area contributed by atoms with Gasteiger partial charge in [-0.1, -0.05) is 0 Å². The molecule has 7 heteroatoms. The van der Waals surface area contributed by atoms with Gasteiger partial charge in [-0.2, -0.15) is 0 Å². The molecule has 2 nitrogen and oxygen atoms in total. The summed E-state index contributed by atoms with van der Waals surface area (Å²) in [5.41, 5.74) is -0.774. The molecule has 0 N–H and O–H groups in total. The Hall–Kier alpha value is 1.15. The van der Waals surface area contributed by atoms with Crippen molar-refractivity contribution in [3.63, 3.8) is 0 Å². The Kier molecular flexibility index (Phi) is 8.05. The smallest absolute Gasteiger partial charge is 0.445 e. The average Bonchev–Trinajstić information content (AvgIpc) is 2.55. The van der Waals surface area contributed by atoms with Gasteiger partial charge in [-0.05, 0) is 6.42 Å². The summed E-state index contributed by atoms with van der Waals surface area (Å²) in [7, 11) is 0. The zero-order valence-electron chi connectivity index (χ0n) is 8.85. The van der Waals surface area contributed by atoms with Crippen LogP contribution in [-0.4, -0.2) is 33.4 Å². The van der Waals surface area contributed by atoms with Crippen LogP contribution in [0.1, 0.15) is 6.42 Å². The van der Waals surface area contributed by atoms with Gasteiger partial charge >= 0.3 is 58.4 Å². The molecule has 1 heterocycles. The predicted octanol–water partition coefficient (Wildman–Crippen LogP) is -1.01. The molecule has 0 aromatic heterocycles. The summed E-state index contributed by atoms with van der Waals surface area (Å²) in [5, 5.41) is 0. The van der Waals surface area contributed by atoms with E-state index in [9.17, 15) is 12.9 Å². The standard InChI is InChI=1S/C8H13BF3O2.K/c1-7(9(10,11)12)4-14-6-8-2-3-13-5-8;/h8H,1-6H2;/q-1;+1. The second-order valence-electron chi connectivity index (χ2n) is 3.48. The first-order chi connectivity index (χ1) is 6.50. The van der Waals surface area contributed by atoms with Crippen molar-refractivity contribution >= 4 is 6.98 Å². The van der Waals surface area contributed by atoms with Crippen LogP contribution in [0, 0.1) is 5.92 Å². The van der Waals surface area contributed by atoms with Crippen LogP contribution in [0.4, 0.5) is 12.9 Å². The summed E-state index contributed by atoms with van der Waals surface area (Å²) in [4.78, 5) is 0. The Labute approximate surface area is 130 Å². The number of halogens is 3. The normalized spacial score (nSPS) is 21.1. The van der Waals surface area contributed by atoms with Gasteiger partial charge in [0.25, 0.3) is 0 Å². The minimum absolute atomic E-state index is 0. The van der Waals surface area contributed by atoms with E-state index in [-0.39, 0.29) is 57.3 Å². The van der Waals surface area contributed by atoms with Gasteiger partial charge < -0.3 is 22.4 Å². The summed E-state index contributed by atoms with van der Waals surface area (Å²) < 4.78 is 46.0. The molecule has 1 fully saturated rings. The monoisotopic (exact) mass is 248 g/mol. The Balaban J connectivity index is 0.00000196. The molecule has 1 aliphatic rings. The molecule has 1 atom stereocenters. The van der Waals surface area contributed by atoms with Gasteiger partial charge in [-0.3, -0.25) is 0 Å². The second-order valence-corrected chi connectivity index (χ2v) is 3.48. The van der Waals surface area contributed by atoms with E-state index in [1.54, 1.807) is 0 Å². The van der Waals surface area contributed by atoms with E-state index in [4.69, 9.17) is 9.47 Å². The van der Waals surface area contributed by atoms with Gasteiger partial charge in [-0.25, -0.2) is 0 Å². The molecule has 0 aliphatic carbocycles. The maximum atomic E-state index is 12.0. The van der Waals surface area contributed by atoms with Crippen molar-refractivity contribution in [3.8, 4) is 0 Å². The van der Waals surface area contributed by atoms with E-state index < -0.39 is 19.1 Å². The summed E-state index contributed by atoms with van der Waals surface area (Å²) in [6.07, 6.45) is 0.865.